The molecule has 0 radical (unpaired) electrons. The Hall–Kier alpha value is -3.04. The SMILES string of the molecule is CCOC(=O)C1C2CCCC2CN1C(=O)C(NC(=O)[C@@H](NC(=O)c1cnccn1)C1CCCCC1)C(C)(C)C. The van der Waals surface area contributed by atoms with Crippen molar-refractivity contribution in [2.24, 2.45) is 23.2 Å². The van der Waals surface area contributed by atoms with Crippen LogP contribution in [0, 0.1) is 23.2 Å². The molecule has 0 aromatic carbocycles. The second-order valence-electron chi connectivity index (χ2n) is 12.3. The van der Waals surface area contributed by atoms with E-state index in [4.69, 9.17) is 4.74 Å². The molecule has 214 valence electrons. The smallest absolute Gasteiger partial charge is 0.329 e. The van der Waals surface area contributed by atoms with Crippen molar-refractivity contribution >= 4 is 23.7 Å². The van der Waals surface area contributed by atoms with Crippen molar-refractivity contribution in [3.63, 3.8) is 0 Å². The Morgan fingerprint density at radius 3 is 2.41 bits per heavy atom. The third-order valence-corrected chi connectivity index (χ3v) is 8.59. The molecule has 1 saturated heterocycles. The highest BCUT2D eigenvalue weighted by Crippen LogP contribution is 2.43. The van der Waals surface area contributed by atoms with Crippen molar-refractivity contribution in [2.45, 2.75) is 97.2 Å². The summed E-state index contributed by atoms with van der Waals surface area (Å²) < 4.78 is 5.39. The Labute approximate surface area is 231 Å². The predicted octanol–water partition coefficient (Wildman–Crippen LogP) is 2.88. The predicted molar refractivity (Wildman–Crippen MR) is 144 cm³/mol. The molecule has 2 aliphatic carbocycles. The van der Waals surface area contributed by atoms with Gasteiger partial charge in [-0.2, -0.15) is 0 Å². The van der Waals surface area contributed by atoms with Gasteiger partial charge in [-0.05, 0) is 55.8 Å². The van der Waals surface area contributed by atoms with Crippen LogP contribution in [0.5, 0.6) is 0 Å². The summed E-state index contributed by atoms with van der Waals surface area (Å²) in [5.41, 5.74) is -0.495. The first-order valence-corrected chi connectivity index (χ1v) is 14.5. The third kappa shape index (κ3) is 6.58. The molecule has 4 rings (SSSR count). The number of hydrogen-bond donors (Lipinski definition) is 2. The van der Waals surface area contributed by atoms with Crippen LogP contribution in [0.15, 0.2) is 18.6 Å². The molecule has 1 aromatic heterocycles. The van der Waals surface area contributed by atoms with Gasteiger partial charge in [0.2, 0.25) is 11.8 Å². The molecule has 2 heterocycles. The van der Waals surface area contributed by atoms with Gasteiger partial charge in [0, 0.05) is 18.9 Å². The zero-order valence-electron chi connectivity index (χ0n) is 23.7. The molecule has 0 spiro atoms. The van der Waals surface area contributed by atoms with E-state index in [1.54, 1.807) is 11.8 Å². The fraction of sp³-hybridized carbons (Fsp3) is 0.724. The first kappa shape index (κ1) is 29.0. The molecule has 10 nitrogen and oxygen atoms in total. The second-order valence-corrected chi connectivity index (χ2v) is 12.3. The lowest BCUT2D eigenvalue weighted by atomic mass is 9.82. The summed E-state index contributed by atoms with van der Waals surface area (Å²) in [6.07, 6.45) is 11.9. The second kappa shape index (κ2) is 12.4. The van der Waals surface area contributed by atoms with E-state index in [2.05, 4.69) is 20.6 Å². The van der Waals surface area contributed by atoms with Gasteiger partial charge >= 0.3 is 5.97 Å². The molecule has 1 aliphatic heterocycles. The summed E-state index contributed by atoms with van der Waals surface area (Å²) >= 11 is 0. The molecule has 4 unspecified atom stereocenters. The summed E-state index contributed by atoms with van der Waals surface area (Å²) in [6, 6.07) is -2.31. The number of fused-ring (bicyclic) bond motifs is 1. The summed E-state index contributed by atoms with van der Waals surface area (Å²) in [5, 5.41) is 5.90. The first-order chi connectivity index (χ1) is 18.6. The maximum atomic E-state index is 14.1. The number of nitrogens with zero attached hydrogens (tertiary/aromatic N) is 3. The van der Waals surface area contributed by atoms with E-state index < -0.39 is 29.4 Å². The summed E-state index contributed by atoms with van der Waals surface area (Å²) in [6.45, 7) is 8.22. The molecule has 3 amide bonds. The molecule has 39 heavy (non-hydrogen) atoms. The number of ether oxygens (including phenoxy) is 1. The van der Waals surface area contributed by atoms with Gasteiger partial charge in [0.15, 0.2) is 0 Å². The van der Waals surface area contributed by atoms with Crippen molar-refractivity contribution < 1.29 is 23.9 Å². The Balaban J connectivity index is 1.56. The maximum absolute atomic E-state index is 14.1. The lowest BCUT2D eigenvalue weighted by molar-refractivity contribution is -0.156. The molecular formula is C29H43N5O5. The van der Waals surface area contributed by atoms with Crippen molar-refractivity contribution in [2.75, 3.05) is 13.2 Å². The maximum Gasteiger partial charge on any atom is 0.329 e. The van der Waals surface area contributed by atoms with Gasteiger partial charge < -0.3 is 20.3 Å². The van der Waals surface area contributed by atoms with Crippen LogP contribution in [0.2, 0.25) is 0 Å². The van der Waals surface area contributed by atoms with Crippen LogP contribution < -0.4 is 10.6 Å². The van der Waals surface area contributed by atoms with E-state index in [1.807, 2.05) is 20.8 Å². The minimum Gasteiger partial charge on any atom is -0.464 e. The highest BCUT2D eigenvalue weighted by molar-refractivity contribution is 5.97. The quantitative estimate of drug-likeness (QED) is 0.484. The van der Waals surface area contributed by atoms with Crippen molar-refractivity contribution in [1.82, 2.24) is 25.5 Å². The fourth-order valence-corrected chi connectivity index (χ4v) is 6.60. The molecule has 0 bridgehead atoms. The van der Waals surface area contributed by atoms with Crippen molar-refractivity contribution in [3.05, 3.63) is 24.3 Å². The van der Waals surface area contributed by atoms with E-state index in [1.165, 1.54) is 18.6 Å². The van der Waals surface area contributed by atoms with Gasteiger partial charge in [0.25, 0.3) is 5.91 Å². The molecule has 1 aromatic rings. The number of carbonyl (C=O) groups excluding carboxylic acids is 4. The van der Waals surface area contributed by atoms with Crippen LogP contribution in [0.25, 0.3) is 0 Å². The van der Waals surface area contributed by atoms with E-state index in [-0.39, 0.29) is 47.8 Å². The number of hydrogen-bond acceptors (Lipinski definition) is 7. The number of rotatable bonds is 8. The van der Waals surface area contributed by atoms with Gasteiger partial charge in [-0.25, -0.2) is 9.78 Å². The number of likely N-dealkylation sites (tertiary alicyclic amines) is 1. The molecule has 3 fully saturated rings. The van der Waals surface area contributed by atoms with Crippen molar-refractivity contribution in [1.29, 1.82) is 0 Å². The molecule has 2 N–H and O–H groups in total. The largest absolute Gasteiger partial charge is 0.464 e. The molecule has 10 heteroatoms. The fourth-order valence-electron chi connectivity index (χ4n) is 6.60. The topological polar surface area (TPSA) is 131 Å². The Kier molecular flexibility index (Phi) is 9.23. The average molecular weight is 542 g/mol. The monoisotopic (exact) mass is 541 g/mol. The van der Waals surface area contributed by atoms with Gasteiger partial charge in [0.1, 0.15) is 23.8 Å². The zero-order chi connectivity index (χ0) is 28.2. The summed E-state index contributed by atoms with van der Waals surface area (Å²) in [4.78, 5) is 63.7. The highest BCUT2D eigenvalue weighted by Gasteiger charge is 2.52. The van der Waals surface area contributed by atoms with E-state index in [0.29, 0.717) is 6.54 Å². The van der Waals surface area contributed by atoms with Gasteiger partial charge in [-0.15, -0.1) is 0 Å². The van der Waals surface area contributed by atoms with Gasteiger partial charge in [-0.3, -0.25) is 19.4 Å². The van der Waals surface area contributed by atoms with Crippen LogP contribution in [-0.2, 0) is 19.1 Å². The number of carbonyl (C=O) groups is 4. The normalized spacial score (nSPS) is 24.9. The van der Waals surface area contributed by atoms with E-state index >= 15 is 0 Å². The first-order valence-electron chi connectivity index (χ1n) is 14.5. The minimum absolute atomic E-state index is 0.0477. The van der Waals surface area contributed by atoms with E-state index in [9.17, 15) is 19.2 Å². The Bertz CT molecular complexity index is 1040. The minimum atomic E-state index is -0.875. The van der Waals surface area contributed by atoms with Gasteiger partial charge in [0.05, 0.1) is 12.8 Å². The number of esters is 1. The summed E-state index contributed by atoms with van der Waals surface area (Å²) in [7, 11) is 0. The number of amides is 3. The van der Waals surface area contributed by atoms with Crippen LogP contribution >= 0.6 is 0 Å². The molecule has 2 saturated carbocycles. The lowest BCUT2D eigenvalue weighted by Crippen LogP contribution is -2.61. The summed E-state index contributed by atoms with van der Waals surface area (Å²) in [5.74, 6) is -1.19. The van der Waals surface area contributed by atoms with Crippen molar-refractivity contribution in [3.8, 4) is 0 Å². The third-order valence-electron chi connectivity index (χ3n) is 8.59. The van der Waals surface area contributed by atoms with Crippen LogP contribution in [-0.4, -0.2) is 69.8 Å². The Morgan fingerprint density at radius 2 is 1.77 bits per heavy atom. The standard InChI is InChI=1S/C29H43N5O5/c1-5-39-28(38)23-20-13-9-12-19(20)17-34(23)27(37)24(29(2,3)4)33-26(36)22(18-10-7-6-8-11-18)32-25(35)21-16-30-14-15-31-21/h14-16,18-20,22-24H,5-13,17H2,1-4H3,(H,32,35)(H,33,36)/t19?,20?,22-,23?,24?/m0/s1. The van der Waals surface area contributed by atoms with Crippen LogP contribution in [0.1, 0.15) is 89.5 Å². The van der Waals surface area contributed by atoms with Gasteiger partial charge in [-0.1, -0.05) is 46.5 Å². The molecular weight excluding hydrogens is 498 g/mol. The van der Waals surface area contributed by atoms with Crippen LogP contribution in [0.4, 0.5) is 0 Å². The molecule has 5 atom stereocenters. The molecule has 3 aliphatic rings. The number of aromatic nitrogens is 2. The zero-order valence-corrected chi connectivity index (χ0v) is 23.7. The average Bonchev–Trinajstić information content (AvgIpc) is 3.52. The van der Waals surface area contributed by atoms with E-state index in [0.717, 1.165) is 51.4 Å². The lowest BCUT2D eigenvalue weighted by Gasteiger charge is -2.38. The van der Waals surface area contributed by atoms with Crippen LogP contribution in [0.3, 0.4) is 0 Å². The number of nitrogens with one attached hydrogen (secondary N) is 2. The highest BCUT2D eigenvalue weighted by atomic mass is 16.5. The Morgan fingerprint density at radius 1 is 1.03 bits per heavy atom.